The predicted molar refractivity (Wildman–Crippen MR) is 83.8 cm³/mol. The van der Waals surface area contributed by atoms with E-state index in [9.17, 15) is 4.79 Å². The number of carbonyl (C=O) groups excluding carboxylic acids is 1. The zero-order chi connectivity index (χ0) is 14.2. The Hall–Kier alpha value is -1.31. The zero-order valence-corrected chi connectivity index (χ0v) is 12.7. The van der Waals surface area contributed by atoms with E-state index < -0.39 is 0 Å². The van der Waals surface area contributed by atoms with E-state index in [1.54, 1.807) is 0 Å². The molecule has 0 saturated heterocycles. The average Bonchev–Trinajstić information content (AvgIpc) is 2.47. The second-order valence-electron chi connectivity index (χ2n) is 6.00. The summed E-state index contributed by atoms with van der Waals surface area (Å²) in [5.41, 5.74) is 2.50. The fourth-order valence-corrected chi connectivity index (χ4v) is 2.92. The molecule has 1 aliphatic rings. The molecule has 0 atom stereocenters. The highest BCUT2D eigenvalue weighted by Gasteiger charge is 2.15. The van der Waals surface area contributed by atoms with Gasteiger partial charge < -0.3 is 5.32 Å². The second kappa shape index (κ2) is 8.08. The number of hydrogen-bond acceptors (Lipinski definition) is 1. The van der Waals surface area contributed by atoms with Crippen LogP contribution in [0.1, 0.15) is 63.0 Å². The van der Waals surface area contributed by atoms with Gasteiger partial charge in [0.15, 0.2) is 0 Å². The normalized spacial score (nSPS) is 16.1. The minimum atomic E-state index is 0.179. The van der Waals surface area contributed by atoms with E-state index in [1.807, 2.05) is 0 Å². The van der Waals surface area contributed by atoms with E-state index in [0.717, 1.165) is 24.8 Å². The fraction of sp³-hybridized carbons (Fsp3) is 0.611. The third-order valence-electron chi connectivity index (χ3n) is 4.18. The van der Waals surface area contributed by atoms with Crippen LogP contribution in [0.2, 0.25) is 0 Å². The fourth-order valence-electron chi connectivity index (χ4n) is 2.92. The van der Waals surface area contributed by atoms with E-state index in [1.165, 1.54) is 37.7 Å². The van der Waals surface area contributed by atoms with Gasteiger partial charge in [0.05, 0.1) is 6.42 Å². The van der Waals surface area contributed by atoms with Gasteiger partial charge >= 0.3 is 0 Å². The third kappa shape index (κ3) is 4.99. The van der Waals surface area contributed by atoms with Crippen LogP contribution in [0.4, 0.5) is 0 Å². The molecule has 2 rings (SSSR count). The van der Waals surface area contributed by atoms with Crippen LogP contribution in [0.3, 0.4) is 0 Å². The summed E-state index contributed by atoms with van der Waals surface area (Å²) in [7, 11) is 0. The quantitative estimate of drug-likeness (QED) is 0.833. The molecule has 110 valence electrons. The van der Waals surface area contributed by atoms with Gasteiger partial charge in [0.25, 0.3) is 0 Å². The smallest absolute Gasteiger partial charge is 0.224 e. The minimum absolute atomic E-state index is 0.179. The highest BCUT2D eigenvalue weighted by atomic mass is 16.1. The number of amides is 1. The summed E-state index contributed by atoms with van der Waals surface area (Å²) in [4.78, 5) is 12.0. The minimum Gasteiger partial charge on any atom is -0.353 e. The summed E-state index contributed by atoms with van der Waals surface area (Å²) in [6.45, 7) is 2.21. The Balaban J connectivity index is 1.78. The van der Waals surface area contributed by atoms with Gasteiger partial charge in [0, 0.05) is 6.04 Å². The molecule has 1 aliphatic carbocycles. The van der Waals surface area contributed by atoms with Crippen LogP contribution in [-0.2, 0) is 17.6 Å². The standard InChI is InChI=1S/C18H27NO/c1-2-3-7-15-10-12-16(13-11-15)14-18(20)19-17-8-5-4-6-9-17/h10-13,17H,2-9,14H2,1H3,(H,19,20). The first-order valence-electron chi connectivity index (χ1n) is 8.15. The first kappa shape index (κ1) is 15.1. The van der Waals surface area contributed by atoms with Crippen molar-refractivity contribution in [2.45, 2.75) is 70.8 Å². The summed E-state index contributed by atoms with van der Waals surface area (Å²) in [5, 5.41) is 3.18. The number of nitrogens with one attached hydrogen (secondary N) is 1. The van der Waals surface area contributed by atoms with Gasteiger partial charge in [-0.1, -0.05) is 56.9 Å². The van der Waals surface area contributed by atoms with Gasteiger partial charge in [0.2, 0.25) is 5.91 Å². The number of carbonyl (C=O) groups is 1. The lowest BCUT2D eigenvalue weighted by Gasteiger charge is -2.22. The van der Waals surface area contributed by atoms with Crippen molar-refractivity contribution in [2.75, 3.05) is 0 Å². The molecule has 20 heavy (non-hydrogen) atoms. The number of benzene rings is 1. The van der Waals surface area contributed by atoms with Gasteiger partial charge in [-0.05, 0) is 36.8 Å². The monoisotopic (exact) mass is 273 g/mol. The van der Waals surface area contributed by atoms with Crippen molar-refractivity contribution in [3.05, 3.63) is 35.4 Å². The van der Waals surface area contributed by atoms with Crippen LogP contribution in [0.15, 0.2) is 24.3 Å². The van der Waals surface area contributed by atoms with Crippen molar-refractivity contribution in [2.24, 2.45) is 0 Å². The summed E-state index contributed by atoms with van der Waals surface area (Å²) >= 11 is 0. The van der Waals surface area contributed by atoms with Crippen LogP contribution in [0.25, 0.3) is 0 Å². The number of rotatable bonds is 6. The number of aryl methyl sites for hydroxylation is 1. The van der Waals surface area contributed by atoms with Gasteiger partial charge in [0.1, 0.15) is 0 Å². The summed E-state index contributed by atoms with van der Waals surface area (Å²) in [6.07, 6.45) is 10.3. The molecular formula is C18H27NO. The summed E-state index contributed by atoms with van der Waals surface area (Å²) in [6, 6.07) is 8.95. The highest BCUT2D eigenvalue weighted by molar-refractivity contribution is 5.78. The molecule has 1 aromatic carbocycles. The van der Waals surface area contributed by atoms with Gasteiger partial charge in [-0.25, -0.2) is 0 Å². The molecule has 2 nitrogen and oxygen atoms in total. The molecule has 1 N–H and O–H groups in total. The van der Waals surface area contributed by atoms with Crippen molar-refractivity contribution >= 4 is 5.91 Å². The van der Waals surface area contributed by atoms with Crippen molar-refractivity contribution in [3.63, 3.8) is 0 Å². The molecule has 1 amide bonds. The average molecular weight is 273 g/mol. The number of hydrogen-bond donors (Lipinski definition) is 1. The number of unbranched alkanes of at least 4 members (excludes halogenated alkanes) is 1. The Labute approximate surface area is 123 Å². The Bertz CT molecular complexity index is 404. The molecule has 2 heteroatoms. The Morgan fingerprint density at radius 1 is 1.10 bits per heavy atom. The van der Waals surface area contributed by atoms with Gasteiger partial charge in [-0.2, -0.15) is 0 Å². The largest absolute Gasteiger partial charge is 0.353 e. The Morgan fingerprint density at radius 3 is 2.40 bits per heavy atom. The van der Waals surface area contributed by atoms with E-state index in [-0.39, 0.29) is 5.91 Å². The SMILES string of the molecule is CCCCc1ccc(CC(=O)NC2CCCCC2)cc1. The molecule has 0 aromatic heterocycles. The van der Waals surface area contributed by atoms with Crippen LogP contribution in [0.5, 0.6) is 0 Å². The lowest BCUT2D eigenvalue weighted by Crippen LogP contribution is -2.37. The second-order valence-corrected chi connectivity index (χ2v) is 6.00. The van der Waals surface area contributed by atoms with E-state index >= 15 is 0 Å². The first-order chi connectivity index (χ1) is 9.78. The van der Waals surface area contributed by atoms with Crippen molar-refractivity contribution in [1.29, 1.82) is 0 Å². The van der Waals surface area contributed by atoms with Crippen LogP contribution < -0.4 is 5.32 Å². The van der Waals surface area contributed by atoms with Crippen molar-refractivity contribution in [1.82, 2.24) is 5.32 Å². The zero-order valence-electron chi connectivity index (χ0n) is 12.7. The van der Waals surface area contributed by atoms with Crippen LogP contribution in [0, 0.1) is 0 Å². The topological polar surface area (TPSA) is 29.1 Å². The van der Waals surface area contributed by atoms with Crippen LogP contribution in [-0.4, -0.2) is 11.9 Å². The lowest BCUT2D eigenvalue weighted by atomic mass is 9.95. The maximum absolute atomic E-state index is 12.0. The summed E-state index contributed by atoms with van der Waals surface area (Å²) < 4.78 is 0. The molecule has 0 radical (unpaired) electrons. The molecule has 0 bridgehead atoms. The molecule has 0 spiro atoms. The molecule has 0 aliphatic heterocycles. The lowest BCUT2D eigenvalue weighted by molar-refractivity contribution is -0.121. The van der Waals surface area contributed by atoms with Crippen molar-refractivity contribution < 1.29 is 4.79 Å². The molecule has 0 heterocycles. The highest BCUT2D eigenvalue weighted by Crippen LogP contribution is 2.17. The Morgan fingerprint density at radius 2 is 1.75 bits per heavy atom. The molecule has 1 aromatic rings. The van der Waals surface area contributed by atoms with E-state index in [2.05, 4.69) is 36.5 Å². The van der Waals surface area contributed by atoms with Crippen molar-refractivity contribution in [3.8, 4) is 0 Å². The summed E-state index contributed by atoms with van der Waals surface area (Å²) in [5.74, 6) is 0.179. The van der Waals surface area contributed by atoms with Gasteiger partial charge in [-0.15, -0.1) is 0 Å². The third-order valence-corrected chi connectivity index (χ3v) is 4.18. The maximum Gasteiger partial charge on any atom is 0.224 e. The van der Waals surface area contributed by atoms with Gasteiger partial charge in [-0.3, -0.25) is 4.79 Å². The first-order valence-corrected chi connectivity index (χ1v) is 8.15. The predicted octanol–water partition coefficient (Wildman–Crippen LogP) is 4.02. The maximum atomic E-state index is 12.0. The molecule has 1 saturated carbocycles. The molecule has 1 fully saturated rings. The van der Waals surface area contributed by atoms with E-state index in [4.69, 9.17) is 0 Å². The molecule has 0 unspecified atom stereocenters. The van der Waals surface area contributed by atoms with E-state index in [0.29, 0.717) is 12.5 Å². The van der Waals surface area contributed by atoms with Crippen LogP contribution >= 0.6 is 0 Å². The molecular weight excluding hydrogens is 246 g/mol. The Kier molecular flexibility index (Phi) is 6.10.